The highest BCUT2D eigenvalue weighted by molar-refractivity contribution is 6.30. The van der Waals surface area contributed by atoms with Crippen LogP contribution in [0.5, 0.6) is 0 Å². The fraction of sp³-hybridized carbons (Fsp3) is 0.385. The molecule has 0 aliphatic rings. The van der Waals surface area contributed by atoms with Gasteiger partial charge in [-0.15, -0.1) is 0 Å². The van der Waals surface area contributed by atoms with Gasteiger partial charge in [-0.25, -0.2) is 9.59 Å². The van der Waals surface area contributed by atoms with E-state index in [0.717, 1.165) is 0 Å². The largest absolute Gasteiger partial charge is 0.465 e. The van der Waals surface area contributed by atoms with Gasteiger partial charge in [-0.3, -0.25) is 5.32 Å². The van der Waals surface area contributed by atoms with Crippen molar-refractivity contribution in [2.45, 2.75) is 32.9 Å². The van der Waals surface area contributed by atoms with E-state index in [1.165, 1.54) is 6.07 Å². The molecular formula is C13H17ClN2O4. The number of rotatable bonds is 3. The van der Waals surface area contributed by atoms with Crippen molar-refractivity contribution in [1.82, 2.24) is 5.32 Å². The van der Waals surface area contributed by atoms with Crippen LogP contribution >= 0.6 is 11.6 Å². The third-order valence-electron chi connectivity index (χ3n) is 2.13. The highest BCUT2D eigenvalue weighted by Crippen LogP contribution is 2.20. The molecule has 0 aromatic heterocycles. The average molecular weight is 301 g/mol. The molecule has 0 heterocycles. The summed E-state index contributed by atoms with van der Waals surface area (Å²) in [6.45, 7) is 5.36. The van der Waals surface area contributed by atoms with E-state index in [2.05, 4.69) is 10.6 Å². The van der Waals surface area contributed by atoms with Gasteiger partial charge in [-0.2, -0.15) is 0 Å². The van der Waals surface area contributed by atoms with E-state index in [1.807, 2.05) is 0 Å². The summed E-state index contributed by atoms with van der Waals surface area (Å²) in [6, 6.07) is 4.66. The number of anilines is 1. The summed E-state index contributed by atoms with van der Waals surface area (Å²) in [4.78, 5) is 22.2. The average Bonchev–Trinajstić information content (AvgIpc) is 2.26. The van der Waals surface area contributed by atoms with Crippen LogP contribution in [-0.2, 0) is 11.3 Å². The Hall–Kier alpha value is -1.95. The lowest BCUT2D eigenvalue weighted by Gasteiger charge is -2.20. The zero-order valence-corrected chi connectivity index (χ0v) is 12.2. The van der Waals surface area contributed by atoms with Gasteiger partial charge in [0.15, 0.2) is 0 Å². The van der Waals surface area contributed by atoms with Crippen molar-refractivity contribution in [2.24, 2.45) is 0 Å². The van der Waals surface area contributed by atoms with Gasteiger partial charge in [0.05, 0.1) is 0 Å². The number of halogens is 1. The number of hydrogen-bond donors (Lipinski definition) is 3. The van der Waals surface area contributed by atoms with Gasteiger partial charge < -0.3 is 15.2 Å². The van der Waals surface area contributed by atoms with Gasteiger partial charge in [-0.1, -0.05) is 11.6 Å². The molecule has 0 unspecified atom stereocenters. The second kappa shape index (κ2) is 6.47. The number of carboxylic acid groups (broad SMARTS) is 1. The second-order valence-corrected chi connectivity index (χ2v) is 5.52. The Labute approximate surface area is 122 Å². The lowest BCUT2D eigenvalue weighted by molar-refractivity contribution is 0.0523. The Morgan fingerprint density at radius 3 is 2.55 bits per heavy atom. The van der Waals surface area contributed by atoms with Crippen LogP contribution in [0.25, 0.3) is 0 Å². The lowest BCUT2D eigenvalue weighted by Crippen LogP contribution is -2.32. The number of alkyl carbamates (subject to hydrolysis) is 1. The highest BCUT2D eigenvalue weighted by Gasteiger charge is 2.16. The first kappa shape index (κ1) is 16.1. The summed E-state index contributed by atoms with van der Waals surface area (Å²) in [5.74, 6) is 0. The van der Waals surface area contributed by atoms with Crippen molar-refractivity contribution in [3.05, 3.63) is 28.8 Å². The topological polar surface area (TPSA) is 87.7 Å². The van der Waals surface area contributed by atoms with Crippen LogP contribution in [0, 0.1) is 0 Å². The maximum Gasteiger partial charge on any atom is 0.409 e. The first-order chi connectivity index (χ1) is 9.17. The van der Waals surface area contributed by atoms with Gasteiger partial charge in [0.2, 0.25) is 0 Å². The minimum atomic E-state index is -1.19. The Kier molecular flexibility index (Phi) is 5.21. The van der Waals surface area contributed by atoms with Gasteiger partial charge in [0, 0.05) is 17.3 Å². The minimum absolute atomic E-state index is 0.102. The smallest absolute Gasteiger partial charge is 0.409 e. The minimum Gasteiger partial charge on any atom is -0.465 e. The van der Waals surface area contributed by atoms with Crippen molar-refractivity contribution in [2.75, 3.05) is 5.32 Å². The molecule has 7 heteroatoms. The van der Waals surface area contributed by atoms with E-state index in [4.69, 9.17) is 21.4 Å². The van der Waals surface area contributed by atoms with Crippen molar-refractivity contribution < 1.29 is 19.4 Å². The van der Waals surface area contributed by atoms with Gasteiger partial charge in [0.1, 0.15) is 5.60 Å². The van der Waals surface area contributed by atoms with Crippen molar-refractivity contribution in [3.63, 3.8) is 0 Å². The number of ether oxygens (including phenoxy) is 1. The normalized spacial score (nSPS) is 10.8. The van der Waals surface area contributed by atoms with E-state index in [9.17, 15) is 9.59 Å². The molecule has 0 saturated heterocycles. The SMILES string of the molecule is CC(C)(C)OC(=O)NCc1cc(Cl)ccc1NC(=O)O. The standard InChI is InChI=1S/C13H17ClN2O4/c1-13(2,3)20-12(19)15-7-8-6-9(14)4-5-10(8)16-11(17)18/h4-6,16H,7H2,1-3H3,(H,15,19)(H,17,18). The predicted molar refractivity (Wildman–Crippen MR) is 76.2 cm³/mol. The molecule has 6 nitrogen and oxygen atoms in total. The molecule has 1 aromatic carbocycles. The third kappa shape index (κ3) is 5.79. The van der Waals surface area contributed by atoms with Gasteiger partial charge in [0.25, 0.3) is 0 Å². The summed E-state index contributed by atoms with van der Waals surface area (Å²) in [7, 11) is 0. The molecule has 1 aromatic rings. The fourth-order valence-corrected chi connectivity index (χ4v) is 1.62. The molecule has 0 saturated carbocycles. The lowest BCUT2D eigenvalue weighted by atomic mass is 10.1. The number of benzene rings is 1. The summed E-state index contributed by atoms with van der Waals surface area (Å²) < 4.78 is 5.09. The first-order valence-corrected chi connectivity index (χ1v) is 6.30. The van der Waals surface area contributed by atoms with Crippen molar-refractivity contribution >= 4 is 29.5 Å². The van der Waals surface area contributed by atoms with Crippen LogP contribution < -0.4 is 10.6 Å². The predicted octanol–water partition coefficient (Wildman–Crippen LogP) is 3.45. The van der Waals surface area contributed by atoms with E-state index >= 15 is 0 Å². The molecule has 0 radical (unpaired) electrons. The Bertz CT molecular complexity index is 512. The van der Waals surface area contributed by atoms with E-state index < -0.39 is 17.8 Å². The fourth-order valence-electron chi connectivity index (χ4n) is 1.43. The molecule has 0 spiro atoms. The van der Waals surface area contributed by atoms with E-state index in [0.29, 0.717) is 16.3 Å². The zero-order chi connectivity index (χ0) is 15.3. The Balaban J connectivity index is 2.73. The quantitative estimate of drug-likeness (QED) is 0.797. The number of nitrogens with one attached hydrogen (secondary N) is 2. The number of hydrogen-bond acceptors (Lipinski definition) is 3. The van der Waals surface area contributed by atoms with Crippen LogP contribution in [0.15, 0.2) is 18.2 Å². The van der Waals surface area contributed by atoms with Crippen molar-refractivity contribution in [3.8, 4) is 0 Å². The molecular weight excluding hydrogens is 284 g/mol. The molecule has 110 valence electrons. The number of carbonyl (C=O) groups is 2. The Morgan fingerprint density at radius 1 is 1.35 bits per heavy atom. The van der Waals surface area contributed by atoms with Crippen LogP contribution in [0.4, 0.5) is 15.3 Å². The first-order valence-electron chi connectivity index (χ1n) is 5.92. The van der Waals surface area contributed by atoms with Crippen LogP contribution in [-0.4, -0.2) is 22.9 Å². The molecule has 0 aliphatic carbocycles. The summed E-state index contributed by atoms with van der Waals surface area (Å²) in [5.41, 5.74) is 0.310. The third-order valence-corrected chi connectivity index (χ3v) is 2.37. The van der Waals surface area contributed by atoms with E-state index in [-0.39, 0.29) is 6.54 Å². The van der Waals surface area contributed by atoms with Gasteiger partial charge in [-0.05, 0) is 44.5 Å². The number of amides is 2. The summed E-state index contributed by atoms with van der Waals surface area (Å²) in [5, 5.41) is 14.0. The molecule has 1 rings (SSSR count). The van der Waals surface area contributed by atoms with Crippen LogP contribution in [0.3, 0.4) is 0 Å². The zero-order valence-electron chi connectivity index (χ0n) is 11.5. The molecule has 0 atom stereocenters. The molecule has 0 bridgehead atoms. The maximum atomic E-state index is 11.5. The van der Waals surface area contributed by atoms with Crippen LogP contribution in [0.1, 0.15) is 26.3 Å². The monoisotopic (exact) mass is 300 g/mol. The highest BCUT2D eigenvalue weighted by atomic mass is 35.5. The van der Waals surface area contributed by atoms with Crippen LogP contribution in [0.2, 0.25) is 5.02 Å². The molecule has 20 heavy (non-hydrogen) atoms. The molecule has 2 amide bonds. The number of carbonyl (C=O) groups excluding carboxylic acids is 1. The van der Waals surface area contributed by atoms with E-state index in [1.54, 1.807) is 32.9 Å². The molecule has 3 N–H and O–H groups in total. The summed E-state index contributed by atoms with van der Waals surface area (Å²) >= 11 is 5.86. The second-order valence-electron chi connectivity index (χ2n) is 5.09. The Morgan fingerprint density at radius 2 is 2.00 bits per heavy atom. The van der Waals surface area contributed by atoms with Gasteiger partial charge >= 0.3 is 12.2 Å². The maximum absolute atomic E-state index is 11.5. The summed E-state index contributed by atoms with van der Waals surface area (Å²) in [6.07, 6.45) is -1.77. The molecule has 0 fully saturated rings. The van der Waals surface area contributed by atoms with Crippen molar-refractivity contribution in [1.29, 1.82) is 0 Å². The molecule has 0 aliphatic heterocycles.